The molecule has 0 bridgehead atoms. The number of ether oxygens (including phenoxy) is 1. The molecule has 1 unspecified atom stereocenters. The van der Waals surface area contributed by atoms with E-state index >= 15 is 0 Å². The van der Waals surface area contributed by atoms with Crippen LogP contribution in [0.2, 0.25) is 0 Å². The third kappa shape index (κ3) is 3.93. The highest BCUT2D eigenvalue weighted by Crippen LogP contribution is 2.34. The Morgan fingerprint density at radius 1 is 1.22 bits per heavy atom. The molecule has 3 aromatic rings. The van der Waals surface area contributed by atoms with Crippen LogP contribution in [0.3, 0.4) is 0 Å². The smallest absolute Gasteiger partial charge is 0.262 e. The van der Waals surface area contributed by atoms with E-state index in [1.807, 2.05) is 6.08 Å². The van der Waals surface area contributed by atoms with Gasteiger partial charge in [-0.2, -0.15) is 0 Å². The molecule has 1 atom stereocenters. The van der Waals surface area contributed by atoms with Gasteiger partial charge in [0.05, 0.1) is 24.9 Å². The van der Waals surface area contributed by atoms with Gasteiger partial charge in [-0.05, 0) is 48.6 Å². The Bertz CT molecular complexity index is 1300. The van der Waals surface area contributed by atoms with Crippen LogP contribution in [-0.2, 0) is 7.05 Å². The number of hydrogen-bond acceptors (Lipinski definition) is 4. The number of nitrogens with zero attached hydrogens (tertiary/aromatic N) is 3. The first kappa shape index (κ1) is 21.5. The van der Waals surface area contributed by atoms with Crippen molar-refractivity contribution in [3.05, 3.63) is 82.0 Å². The van der Waals surface area contributed by atoms with Gasteiger partial charge in [0.1, 0.15) is 17.4 Å². The fourth-order valence-electron chi connectivity index (χ4n) is 3.92. The van der Waals surface area contributed by atoms with Crippen LogP contribution in [0.15, 0.2) is 53.3 Å². The lowest BCUT2D eigenvalue weighted by molar-refractivity contribution is 0.415. The summed E-state index contributed by atoms with van der Waals surface area (Å²) in [7, 11) is 3.26. The Hall–Kier alpha value is -3.76. The van der Waals surface area contributed by atoms with Gasteiger partial charge < -0.3 is 10.5 Å². The van der Waals surface area contributed by atoms with Crippen LogP contribution in [0, 0.1) is 12.4 Å². The maximum absolute atomic E-state index is 14.5. The number of rotatable bonds is 4. The molecule has 0 amide bonds. The van der Waals surface area contributed by atoms with Crippen molar-refractivity contribution >= 4 is 11.3 Å². The summed E-state index contributed by atoms with van der Waals surface area (Å²) in [5.41, 5.74) is 8.48. The van der Waals surface area contributed by atoms with Crippen LogP contribution < -0.4 is 16.0 Å². The van der Waals surface area contributed by atoms with Gasteiger partial charge in [-0.3, -0.25) is 9.36 Å². The van der Waals surface area contributed by atoms with Crippen LogP contribution in [-0.4, -0.2) is 22.7 Å². The van der Waals surface area contributed by atoms with Gasteiger partial charge >= 0.3 is 0 Å². The second-order valence-electron chi connectivity index (χ2n) is 7.79. The zero-order chi connectivity index (χ0) is 22.8. The third-order valence-corrected chi connectivity index (χ3v) is 5.75. The number of hydrogen-bond donors (Lipinski definition) is 1. The monoisotopic (exact) mass is 430 g/mol. The molecule has 0 fully saturated rings. The molecule has 1 heterocycles. The minimum Gasteiger partial charge on any atom is -0.497 e. The largest absolute Gasteiger partial charge is 0.497 e. The highest BCUT2D eigenvalue weighted by Gasteiger charge is 2.22. The molecule has 32 heavy (non-hydrogen) atoms. The number of halogens is 1. The molecular weight excluding hydrogens is 407 g/mol. The molecule has 7 heteroatoms. The van der Waals surface area contributed by atoms with E-state index in [9.17, 15) is 9.18 Å². The van der Waals surface area contributed by atoms with Crippen LogP contribution in [0.5, 0.6) is 5.75 Å². The molecule has 0 saturated heterocycles. The first-order valence-electron chi connectivity index (χ1n) is 10.3. The summed E-state index contributed by atoms with van der Waals surface area (Å²) in [6, 6.07) is 11.5. The molecule has 2 aromatic carbocycles. The highest BCUT2D eigenvalue weighted by molar-refractivity contribution is 5.82. The molecule has 6 nitrogen and oxygen atoms in total. The molecule has 1 aliphatic carbocycles. The lowest BCUT2D eigenvalue weighted by Gasteiger charge is -2.21. The molecular formula is C25H23FN4O2. The second kappa shape index (κ2) is 8.77. The molecule has 0 radical (unpaired) electrons. The molecule has 162 valence electrons. The first-order valence-corrected chi connectivity index (χ1v) is 10.3. The molecule has 4 rings (SSSR count). The summed E-state index contributed by atoms with van der Waals surface area (Å²) in [5.74, 6) is 0.557. The van der Waals surface area contributed by atoms with E-state index in [1.165, 1.54) is 16.7 Å². The average Bonchev–Trinajstić information content (AvgIpc) is 2.81. The summed E-state index contributed by atoms with van der Waals surface area (Å²) < 4.78 is 21.2. The van der Waals surface area contributed by atoms with Crippen molar-refractivity contribution in [1.82, 2.24) is 9.55 Å². The van der Waals surface area contributed by atoms with E-state index in [4.69, 9.17) is 22.0 Å². The number of methoxy groups -OCH3 is 1. The van der Waals surface area contributed by atoms with Gasteiger partial charge in [-0.25, -0.2) is 14.2 Å². The summed E-state index contributed by atoms with van der Waals surface area (Å²) in [6.45, 7) is 7.11. The lowest BCUT2D eigenvalue weighted by Crippen LogP contribution is -2.27. The summed E-state index contributed by atoms with van der Waals surface area (Å²) in [6.07, 6.45) is 4.27. The van der Waals surface area contributed by atoms with Crippen molar-refractivity contribution in [1.29, 1.82) is 0 Å². The zero-order valence-corrected chi connectivity index (χ0v) is 17.9. The Balaban J connectivity index is 1.98. The SMILES string of the molecule is [C-]#[N+]c1ccc(-c2nc(C3=CCC(N)CC3)n(C)c(=O)c2-c2ccc(OC)cc2)cc1F. The van der Waals surface area contributed by atoms with Gasteiger partial charge in [0, 0.05) is 18.7 Å². The van der Waals surface area contributed by atoms with Gasteiger partial charge in [-0.1, -0.05) is 30.3 Å². The van der Waals surface area contributed by atoms with Crippen molar-refractivity contribution in [2.45, 2.75) is 25.3 Å². The molecule has 1 aliphatic rings. The second-order valence-corrected chi connectivity index (χ2v) is 7.79. The van der Waals surface area contributed by atoms with Gasteiger partial charge in [0.2, 0.25) is 5.69 Å². The van der Waals surface area contributed by atoms with E-state index < -0.39 is 5.82 Å². The van der Waals surface area contributed by atoms with E-state index in [1.54, 1.807) is 44.5 Å². The summed E-state index contributed by atoms with van der Waals surface area (Å²) in [4.78, 5) is 21.6. The Labute approximate surface area is 185 Å². The Kier molecular flexibility index (Phi) is 5.89. The van der Waals surface area contributed by atoms with Crippen LogP contribution >= 0.6 is 0 Å². The molecule has 0 aliphatic heterocycles. The van der Waals surface area contributed by atoms with Crippen molar-refractivity contribution in [2.75, 3.05) is 7.11 Å². The Morgan fingerprint density at radius 3 is 2.53 bits per heavy atom. The Morgan fingerprint density at radius 2 is 1.94 bits per heavy atom. The molecule has 0 spiro atoms. The molecule has 1 aromatic heterocycles. The predicted octanol–water partition coefficient (Wildman–Crippen LogP) is 4.71. The first-order chi connectivity index (χ1) is 15.4. The summed E-state index contributed by atoms with van der Waals surface area (Å²) >= 11 is 0. The van der Waals surface area contributed by atoms with Crippen molar-refractivity contribution in [3.63, 3.8) is 0 Å². The summed E-state index contributed by atoms with van der Waals surface area (Å²) in [5, 5.41) is 0. The average molecular weight is 430 g/mol. The van der Waals surface area contributed by atoms with Crippen molar-refractivity contribution in [3.8, 4) is 28.1 Å². The maximum atomic E-state index is 14.5. The molecule has 0 saturated carbocycles. The van der Waals surface area contributed by atoms with Crippen LogP contribution in [0.25, 0.3) is 32.8 Å². The standard InChI is InChI=1S/C25H23FN4O2/c1-28-21-13-8-17(14-20(21)26)23-22(15-6-11-19(32-3)12-7-15)25(31)30(2)24(29-23)16-4-9-18(27)10-5-16/h4,6-8,11-14,18H,5,9-10,27H2,2-3H3. The van der Waals surface area contributed by atoms with Gasteiger partial charge in [-0.15, -0.1) is 0 Å². The fraction of sp³-hybridized carbons (Fsp3) is 0.240. The molecule has 2 N–H and O–H groups in total. The number of allylic oxidation sites excluding steroid dienone is 1. The van der Waals surface area contributed by atoms with E-state index in [0.717, 1.165) is 18.4 Å². The predicted molar refractivity (Wildman–Crippen MR) is 123 cm³/mol. The highest BCUT2D eigenvalue weighted by atomic mass is 19.1. The van der Waals surface area contributed by atoms with E-state index in [2.05, 4.69) is 4.85 Å². The topological polar surface area (TPSA) is 74.5 Å². The van der Waals surface area contributed by atoms with Crippen molar-refractivity contribution in [2.24, 2.45) is 12.8 Å². The number of nitrogens with two attached hydrogens (primary N) is 1. The van der Waals surface area contributed by atoms with Crippen LogP contribution in [0.1, 0.15) is 25.1 Å². The maximum Gasteiger partial charge on any atom is 0.262 e. The number of benzene rings is 2. The normalized spacial score (nSPS) is 15.7. The minimum atomic E-state index is -0.648. The third-order valence-electron chi connectivity index (χ3n) is 5.75. The van der Waals surface area contributed by atoms with Gasteiger partial charge in [0.25, 0.3) is 5.56 Å². The van der Waals surface area contributed by atoms with Crippen molar-refractivity contribution < 1.29 is 9.13 Å². The van der Waals surface area contributed by atoms with Crippen LogP contribution in [0.4, 0.5) is 10.1 Å². The van der Waals surface area contributed by atoms with Gasteiger partial charge in [0.15, 0.2) is 0 Å². The lowest BCUT2D eigenvalue weighted by atomic mass is 9.94. The fourth-order valence-corrected chi connectivity index (χ4v) is 3.92. The van der Waals surface area contributed by atoms with E-state index in [-0.39, 0.29) is 17.3 Å². The van der Waals surface area contributed by atoms with E-state index in [0.29, 0.717) is 40.4 Å². The number of aromatic nitrogens is 2. The quantitative estimate of drug-likeness (QED) is 0.609. The zero-order valence-electron chi connectivity index (χ0n) is 17.9. The minimum absolute atomic E-state index is 0.0761.